The molecule has 8 heteroatoms. The lowest BCUT2D eigenvalue weighted by Gasteiger charge is -2.35. The maximum atomic E-state index is 12.9. The largest absolute Gasteiger partial charge is 0.463 e. The van der Waals surface area contributed by atoms with Gasteiger partial charge in [0.2, 0.25) is 11.9 Å². The number of carbonyl (C=O) groups excluding carboxylic acids is 2. The van der Waals surface area contributed by atoms with E-state index in [0.717, 1.165) is 11.1 Å². The fourth-order valence-electron chi connectivity index (χ4n) is 3.33. The molecule has 1 aliphatic heterocycles. The summed E-state index contributed by atoms with van der Waals surface area (Å²) in [5, 5.41) is 7.10. The van der Waals surface area contributed by atoms with Gasteiger partial charge in [-0.15, -0.1) is 6.58 Å². The first-order chi connectivity index (χ1) is 14.0. The minimum Gasteiger partial charge on any atom is -0.463 e. The van der Waals surface area contributed by atoms with Crippen LogP contribution in [-0.2, 0) is 14.3 Å². The van der Waals surface area contributed by atoms with Gasteiger partial charge in [0.05, 0.1) is 12.2 Å². The summed E-state index contributed by atoms with van der Waals surface area (Å²) in [6.45, 7) is 9.78. The second-order valence-electron chi connectivity index (χ2n) is 6.72. The number of ether oxygens (including phenoxy) is 1. The molecule has 152 valence electrons. The number of nitrogens with one attached hydrogen (secondary N) is 1. The number of hydrogen-bond donors (Lipinski definition) is 1. The zero-order chi connectivity index (χ0) is 21.0. The molecule has 1 atom stereocenters. The Morgan fingerprint density at radius 3 is 2.66 bits per heavy atom. The lowest BCUT2D eigenvalue weighted by Crippen LogP contribution is -2.42. The molecule has 2 heterocycles. The van der Waals surface area contributed by atoms with Crippen LogP contribution >= 0.6 is 0 Å². The molecule has 0 saturated carbocycles. The van der Waals surface area contributed by atoms with Crippen LogP contribution < -0.4 is 10.2 Å². The van der Waals surface area contributed by atoms with Crippen molar-refractivity contribution in [2.45, 2.75) is 26.8 Å². The average Bonchev–Trinajstić information content (AvgIpc) is 3.18. The third kappa shape index (κ3) is 4.06. The highest BCUT2D eigenvalue weighted by Gasteiger charge is 2.38. The first-order valence-electron chi connectivity index (χ1n) is 9.47. The molecule has 0 unspecified atom stereocenters. The molecule has 29 heavy (non-hydrogen) atoms. The van der Waals surface area contributed by atoms with Crippen LogP contribution in [0.15, 0.2) is 54.5 Å². The SMILES string of the molecule is C=CCNC(=O)CN1C(C)=C(C(=O)OCC)[C@H](c2ccc(C)cc2)n2ncnc21. The number of allylic oxidation sites excluding steroid dienone is 1. The Bertz CT molecular complexity index is 945. The maximum Gasteiger partial charge on any atom is 0.338 e. The van der Waals surface area contributed by atoms with Gasteiger partial charge in [-0.25, -0.2) is 9.48 Å². The lowest BCUT2D eigenvalue weighted by molar-refractivity contribution is -0.139. The molecule has 2 aromatic rings. The monoisotopic (exact) mass is 395 g/mol. The fourth-order valence-corrected chi connectivity index (χ4v) is 3.33. The van der Waals surface area contributed by atoms with Crippen LogP contribution in [-0.4, -0.2) is 46.3 Å². The van der Waals surface area contributed by atoms with Crippen LogP contribution in [0, 0.1) is 6.92 Å². The number of fused-ring (bicyclic) bond motifs is 1. The van der Waals surface area contributed by atoms with Crippen molar-refractivity contribution in [3.8, 4) is 0 Å². The summed E-state index contributed by atoms with van der Waals surface area (Å²) >= 11 is 0. The number of aryl methyl sites for hydroxylation is 1. The molecular weight excluding hydrogens is 370 g/mol. The summed E-state index contributed by atoms with van der Waals surface area (Å²) in [6, 6.07) is 7.41. The van der Waals surface area contributed by atoms with E-state index in [0.29, 0.717) is 23.8 Å². The Kier molecular flexibility index (Phi) is 6.11. The van der Waals surface area contributed by atoms with Gasteiger partial charge in [-0.05, 0) is 26.3 Å². The van der Waals surface area contributed by atoms with E-state index in [4.69, 9.17) is 4.74 Å². The molecule has 3 rings (SSSR count). The predicted octanol–water partition coefficient (Wildman–Crippen LogP) is 2.14. The Labute approximate surface area is 169 Å². The molecule has 0 radical (unpaired) electrons. The molecule has 0 saturated heterocycles. The molecule has 1 amide bonds. The number of rotatable bonds is 7. The van der Waals surface area contributed by atoms with Gasteiger partial charge in [-0.2, -0.15) is 10.1 Å². The van der Waals surface area contributed by atoms with Crippen LogP contribution in [0.4, 0.5) is 5.95 Å². The lowest BCUT2D eigenvalue weighted by atomic mass is 9.94. The minimum atomic E-state index is -0.486. The molecule has 0 aliphatic carbocycles. The minimum absolute atomic E-state index is 0.00187. The van der Waals surface area contributed by atoms with Crippen molar-refractivity contribution in [2.24, 2.45) is 0 Å². The molecule has 1 N–H and O–H groups in total. The van der Waals surface area contributed by atoms with Crippen LogP contribution in [0.1, 0.15) is 31.0 Å². The van der Waals surface area contributed by atoms with Crippen molar-refractivity contribution in [3.05, 3.63) is 65.6 Å². The number of amides is 1. The molecule has 0 bridgehead atoms. The fraction of sp³-hybridized carbons (Fsp3) is 0.333. The van der Waals surface area contributed by atoms with Gasteiger partial charge in [0, 0.05) is 12.2 Å². The number of hydrogen-bond acceptors (Lipinski definition) is 6. The summed E-state index contributed by atoms with van der Waals surface area (Å²) in [4.78, 5) is 31.3. The van der Waals surface area contributed by atoms with Gasteiger partial charge in [-0.1, -0.05) is 35.9 Å². The van der Waals surface area contributed by atoms with Crippen LogP contribution in [0.5, 0.6) is 0 Å². The molecule has 1 aromatic carbocycles. The zero-order valence-corrected chi connectivity index (χ0v) is 16.9. The normalized spacial score (nSPS) is 15.7. The Balaban J connectivity index is 2.09. The van der Waals surface area contributed by atoms with Crippen molar-refractivity contribution < 1.29 is 14.3 Å². The average molecular weight is 395 g/mol. The van der Waals surface area contributed by atoms with E-state index in [-0.39, 0.29) is 19.1 Å². The van der Waals surface area contributed by atoms with E-state index < -0.39 is 12.0 Å². The Hall–Kier alpha value is -3.42. The molecule has 0 spiro atoms. The summed E-state index contributed by atoms with van der Waals surface area (Å²) in [5.74, 6) is -0.154. The number of carbonyl (C=O) groups is 2. The van der Waals surface area contributed by atoms with E-state index >= 15 is 0 Å². The third-order valence-corrected chi connectivity index (χ3v) is 4.74. The number of aromatic nitrogens is 3. The topological polar surface area (TPSA) is 89.4 Å². The number of anilines is 1. The quantitative estimate of drug-likeness (QED) is 0.571. The highest BCUT2D eigenvalue weighted by molar-refractivity contribution is 5.93. The second kappa shape index (κ2) is 8.72. The van der Waals surface area contributed by atoms with Crippen molar-refractivity contribution >= 4 is 17.8 Å². The molecular formula is C21H25N5O3. The van der Waals surface area contributed by atoms with Crippen LogP contribution in [0.2, 0.25) is 0 Å². The van der Waals surface area contributed by atoms with E-state index in [2.05, 4.69) is 22.0 Å². The predicted molar refractivity (Wildman–Crippen MR) is 109 cm³/mol. The third-order valence-electron chi connectivity index (χ3n) is 4.74. The van der Waals surface area contributed by atoms with Gasteiger partial charge < -0.3 is 15.0 Å². The highest BCUT2D eigenvalue weighted by atomic mass is 16.5. The van der Waals surface area contributed by atoms with Gasteiger partial charge >= 0.3 is 5.97 Å². The van der Waals surface area contributed by atoms with E-state index in [9.17, 15) is 9.59 Å². The number of esters is 1. The summed E-state index contributed by atoms with van der Waals surface area (Å²) in [5.41, 5.74) is 3.05. The molecule has 0 fully saturated rings. The molecule has 1 aromatic heterocycles. The summed E-state index contributed by atoms with van der Waals surface area (Å²) < 4.78 is 7.00. The van der Waals surface area contributed by atoms with Crippen molar-refractivity contribution in [2.75, 3.05) is 24.6 Å². The van der Waals surface area contributed by atoms with Crippen molar-refractivity contribution in [3.63, 3.8) is 0 Å². The maximum absolute atomic E-state index is 12.9. The number of benzene rings is 1. The van der Waals surface area contributed by atoms with E-state index in [1.54, 1.807) is 29.5 Å². The zero-order valence-electron chi connectivity index (χ0n) is 16.9. The second-order valence-corrected chi connectivity index (χ2v) is 6.72. The van der Waals surface area contributed by atoms with Crippen LogP contribution in [0.25, 0.3) is 0 Å². The van der Waals surface area contributed by atoms with Gasteiger partial charge in [0.1, 0.15) is 18.9 Å². The smallest absolute Gasteiger partial charge is 0.338 e. The summed E-state index contributed by atoms with van der Waals surface area (Å²) in [7, 11) is 0. The van der Waals surface area contributed by atoms with E-state index in [1.165, 1.54) is 6.33 Å². The van der Waals surface area contributed by atoms with E-state index in [1.807, 2.05) is 31.2 Å². The molecule has 8 nitrogen and oxygen atoms in total. The first kappa shape index (κ1) is 20.3. The molecule has 1 aliphatic rings. The van der Waals surface area contributed by atoms with Gasteiger partial charge in [0.25, 0.3) is 0 Å². The Morgan fingerprint density at radius 2 is 2.00 bits per heavy atom. The van der Waals surface area contributed by atoms with Gasteiger partial charge in [-0.3, -0.25) is 4.79 Å². The Morgan fingerprint density at radius 1 is 1.28 bits per heavy atom. The van der Waals surface area contributed by atoms with Crippen LogP contribution in [0.3, 0.4) is 0 Å². The van der Waals surface area contributed by atoms with Crippen molar-refractivity contribution in [1.82, 2.24) is 20.1 Å². The van der Waals surface area contributed by atoms with Gasteiger partial charge in [0.15, 0.2) is 0 Å². The van der Waals surface area contributed by atoms with Crippen molar-refractivity contribution in [1.29, 1.82) is 0 Å². The highest BCUT2D eigenvalue weighted by Crippen LogP contribution is 2.38. The summed E-state index contributed by atoms with van der Waals surface area (Å²) in [6.07, 6.45) is 3.03. The standard InChI is InChI=1S/C21H25N5O3/c1-5-11-22-17(27)12-25-15(4)18(20(28)29-6-2)19(26-21(25)23-13-24-26)16-9-7-14(3)8-10-16/h5,7-10,13,19H,1,6,11-12H2,2-4H3,(H,22,27)/t19-/m0/s1. The number of nitrogens with zero attached hydrogens (tertiary/aromatic N) is 4. The first-order valence-corrected chi connectivity index (χ1v) is 9.47.